The molecule has 35 heavy (non-hydrogen) atoms. The van der Waals surface area contributed by atoms with Gasteiger partial charge in [0.1, 0.15) is 0 Å². The molecule has 1 amide bonds. The normalized spacial score (nSPS) is 24.9. The molecular formula is C26H32N2O7. The van der Waals surface area contributed by atoms with Crippen molar-refractivity contribution in [3.05, 3.63) is 65.2 Å². The van der Waals surface area contributed by atoms with Gasteiger partial charge in [0.2, 0.25) is 5.91 Å². The minimum Gasteiger partial charge on any atom is -0.481 e. The highest BCUT2D eigenvalue weighted by Crippen LogP contribution is 2.38. The second kappa shape index (κ2) is 11.7. The summed E-state index contributed by atoms with van der Waals surface area (Å²) in [5, 5.41) is 30.7. The third-order valence-corrected chi connectivity index (χ3v) is 6.36. The number of carbonyl (C=O) groups excluding carboxylic acids is 1. The Morgan fingerprint density at radius 2 is 1.71 bits per heavy atom. The zero-order valence-electron chi connectivity index (χ0n) is 19.5. The van der Waals surface area contributed by atoms with Crippen LogP contribution in [0, 0.1) is 0 Å². The number of carboxylic acid groups (broad SMARTS) is 1. The maximum Gasteiger partial charge on any atom is 0.303 e. The third kappa shape index (κ3) is 7.09. The summed E-state index contributed by atoms with van der Waals surface area (Å²) in [5.74, 6) is -1.37. The molecule has 4 unspecified atom stereocenters. The molecule has 2 aliphatic rings. The van der Waals surface area contributed by atoms with Crippen LogP contribution in [0.25, 0.3) is 0 Å². The Labute approximate surface area is 204 Å². The number of hydrogen-bond acceptors (Lipinski definition) is 7. The highest BCUT2D eigenvalue weighted by Gasteiger charge is 2.34. The van der Waals surface area contributed by atoms with E-state index in [1.165, 1.54) is 0 Å². The lowest BCUT2D eigenvalue weighted by Gasteiger charge is -2.37. The molecule has 188 valence electrons. The first-order valence-electron chi connectivity index (χ1n) is 11.9. The molecule has 0 bridgehead atoms. The summed E-state index contributed by atoms with van der Waals surface area (Å²) in [5.41, 5.74) is 3.21. The molecule has 4 atom stereocenters. The van der Waals surface area contributed by atoms with Gasteiger partial charge in [0.05, 0.1) is 31.3 Å². The first-order valence-corrected chi connectivity index (χ1v) is 11.9. The zero-order chi connectivity index (χ0) is 24.8. The first kappa shape index (κ1) is 25.3. The number of benzene rings is 2. The number of rotatable bonds is 9. The van der Waals surface area contributed by atoms with Gasteiger partial charge in [0.15, 0.2) is 6.29 Å². The Hall–Kier alpha value is -2.82. The van der Waals surface area contributed by atoms with Crippen LogP contribution < -0.4 is 5.32 Å². The summed E-state index contributed by atoms with van der Waals surface area (Å²) in [6.45, 7) is 2.15. The number of anilines is 1. The predicted octanol–water partition coefficient (Wildman–Crippen LogP) is 2.59. The Morgan fingerprint density at radius 3 is 2.34 bits per heavy atom. The molecule has 2 aromatic carbocycles. The summed E-state index contributed by atoms with van der Waals surface area (Å²) < 4.78 is 12.6. The fraction of sp³-hybridized carbons (Fsp3) is 0.462. The van der Waals surface area contributed by atoms with E-state index in [4.69, 9.17) is 14.6 Å². The summed E-state index contributed by atoms with van der Waals surface area (Å²) >= 11 is 0. The quantitative estimate of drug-likeness (QED) is 0.428. The number of aliphatic hydroxyl groups is 2. The van der Waals surface area contributed by atoms with Gasteiger partial charge in [-0.15, -0.1) is 0 Å². The second-order valence-corrected chi connectivity index (χ2v) is 9.12. The van der Waals surface area contributed by atoms with Gasteiger partial charge >= 0.3 is 5.97 Å². The van der Waals surface area contributed by atoms with Gasteiger partial charge in [-0.05, 0) is 29.7 Å². The minimum absolute atomic E-state index is 0.0172. The van der Waals surface area contributed by atoms with Crippen LogP contribution in [0.2, 0.25) is 0 Å². The first-order chi connectivity index (χ1) is 16.9. The van der Waals surface area contributed by atoms with Crippen molar-refractivity contribution in [2.45, 2.75) is 56.9 Å². The number of ether oxygens (including phenoxy) is 2. The van der Waals surface area contributed by atoms with E-state index in [-0.39, 0.29) is 43.7 Å². The van der Waals surface area contributed by atoms with Gasteiger partial charge in [0, 0.05) is 43.7 Å². The largest absolute Gasteiger partial charge is 0.481 e. The van der Waals surface area contributed by atoms with Crippen molar-refractivity contribution in [1.29, 1.82) is 0 Å². The standard InChI is InChI=1S/C26H32N2O7/c29-16-17-1-3-18(4-2-17)23-13-22(15-28-12-11-21(30)14-28)34-26(35-23)19-5-7-20(8-6-19)27-24(31)9-10-25(32)33/h1-8,21-23,26,29-30H,9-16H2,(H,27,31)(H,32,33). The number of nitrogens with one attached hydrogen (secondary N) is 1. The number of nitrogens with zero attached hydrogens (tertiary/aromatic N) is 1. The minimum atomic E-state index is -1.01. The topological polar surface area (TPSA) is 129 Å². The lowest BCUT2D eigenvalue weighted by molar-refractivity contribution is -0.252. The number of aliphatic hydroxyl groups excluding tert-OH is 2. The van der Waals surface area contributed by atoms with Crippen molar-refractivity contribution in [2.75, 3.05) is 25.0 Å². The summed E-state index contributed by atoms with van der Waals surface area (Å²) in [7, 11) is 0. The molecule has 9 heteroatoms. The van der Waals surface area contributed by atoms with Gasteiger partial charge < -0.3 is 30.1 Å². The van der Waals surface area contributed by atoms with Crippen molar-refractivity contribution in [3.63, 3.8) is 0 Å². The maximum absolute atomic E-state index is 11.9. The van der Waals surface area contributed by atoms with Crippen LogP contribution in [-0.2, 0) is 25.7 Å². The molecule has 2 heterocycles. The zero-order valence-corrected chi connectivity index (χ0v) is 19.5. The van der Waals surface area contributed by atoms with E-state index in [9.17, 15) is 19.8 Å². The average molecular weight is 485 g/mol. The molecule has 9 nitrogen and oxygen atoms in total. The monoisotopic (exact) mass is 484 g/mol. The molecule has 0 saturated carbocycles. The summed E-state index contributed by atoms with van der Waals surface area (Å²) in [6.07, 6.45) is -0.0885. The smallest absolute Gasteiger partial charge is 0.303 e. The Morgan fingerprint density at radius 1 is 1.00 bits per heavy atom. The third-order valence-electron chi connectivity index (χ3n) is 6.36. The van der Waals surface area contributed by atoms with Crippen molar-refractivity contribution >= 4 is 17.6 Å². The van der Waals surface area contributed by atoms with Gasteiger partial charge in [-0.2, -0.15) is 0 Å². The van der Waals surface area contributed by atoms with E-state index < -0.39 is 12.3 Å². The van der Waals surface area contributed by atoms with Crippen LogP contribution in [0.4, 0.5) is 5.69 Å². The Kier molecular flexibility index (Phi) is 8.48. The van der Waals surface area contributed by atoms with Crippen molar-refractivity contribution < 1.29 is 34.4 Å². The lowest BCUT2D eigenvalue weighted by atomic mass is 9.99. The van der Waals surface area contributed by atoms with E-state index in [2.05, 4.69) is 10.2 Å². The molecule has 2 aromatic rings. The molecule has 2 fully saturated rings. The van der Waals surface area contributed by atoms with Crippen molar-refractivity contribution in [2.24, 2.45) is 0 Å². The van der Waals surface area contributed by atoms with Gasteiger partial charge in [-0.1, -0.05) is 36.4 Å². The molecule has 2 saturated heterocycles. The van der Waals surface area contributed by atoms with Crippen LogP contribution in [0.15, 0.2) is 48.5 Å². The van der Waals surface area contributed by atoms with Crippen LogP contribution in [0.5, 0.6) is 0 Å². The predicted molar refractivity (Wildman–Crippen MR) is 127 cm³/mol. The molecule has 0 spiro atoms. The molecule has 4 N–H and O–H groups in total. The highest BCUT2D eigenvalue weighted by molar-refractivity contribution is 5.92. The number of likely N-dealkylation sites (tertiary alicyclic amines) is 1. The molecular weight excluding hydrogens is 452 g/mol. The van der Waals surface area contributed by atoms with E-state index in [1.807, 2.05) is 36.4 Å². The summed E-state index contributed by atoms with van der Waals surface area (Å²) in [4.78, 5) is 24.8. The Bertz CT molecular complexity index is 996. The van der Waals surface area contributed by atoms with Crippen LogP contribution in [0.1, 0.15) is 54.8 Å². The number of hydrogen-bond donors (Lipinski definition) is 4. The summed E-state index contributed by atoms with van der Waals surface area (Å²) in [6, 6.07) is 14.8. The lowest BCUT2D eigenvalue weighted by Crippen LogP contribution is -2.38. The van der Waals surface area contributed by atoms with E-state index in [0.29, 0.717) is 25.2 Å². The van der Waals surface area contributed by atoms with Crippen LogP contribution >= 0.6 is 0 Å². The number of amides is 1. The maximum atomic E-state index is 11.9. The second-order valence-electron chi connectivity index (χ2n) is 9.12. The average Bonchev–Trinajstić information content (AvgIpc) is 3.27. The van der Waals surface area contributed by atoms with E-state index in [0.717, 1.165) is 29.7 Å². The molecule has 0 aromatic heterocycles. The SMILES string of the molecule is O=C(O)CCC(=O)Nc1ccc(C2OC(CN3CCC(O)C3)CC(c3ccc(CO)cc3)O2)cc1. The van der Waals surface area contributed by atoms with E-state index in [1.54, 1.807) is 12.1 Å². The molecule has 0 radical (unpaired) electrons. The number of carbonyl (C=O) groups is 2. The fourth-order valence-corrected chi connectivity index (χ4v) is 4.47. The molecule has 2 aliphatic heterocycles. The van der Waals surface area contributed by atoms with E-state index >= 15 is 0 Å². The van der Waals surface area contributed by atoms with Gasteiger partial charge in [-0.3, -0.25) is 14.5 Å². The highest BCUT2D eigenvalue weighted by atomic mass is 16.7. The van der Waals surface area contributed by atoms with Gasteiger partial charge in [-0.25, -0.2) is 0 Å². The van der Waals surface area contributed by atoms with Gasteiger partial charge in [0.25, 0.3) is 0 Å². The van der Waals surface area contributed by atoms with Crippen molar-refractivity contribution in [1.82, 2.24) is 4.90 Å². The van der Waals surface area contributed by atoms with Crippen LogP contribution in [-0.4, -0.2) is 63.9 Å². The number of carboxylic acids is 1. The molecule has 4 rings (SSSR count). The number of aliphatic carboxylic acids is 1. The van der Waals surface area contributed by atoms with Crippen LogP contribution in [0.3, 0.4) is 0 Å². The number of β-amino-alcohol motifs (C(OH)–C–C–N with tert-alkyl or cyclic N) is 1. The fourth-order valence-electron chi connectivity index (χ4n) is 4.47. The molecule has 0 aliphatic carbocycles. The van der Waals surface area contributed by atoms with Crippen molar-refractivity contribution in [3.8, 4) is 0 Å². The Balaban J connectivity index is 1.46.